The summed E-state index contributed by atoms with van der Waals surface area (Å²) in [5, 5.41) is 6.33. The summed E-state index contributed by atoms with van der Waals surface area (Å²) < 4.78 is 27.7. The van der Waals surface area contributed by atoms with Crippen LogP contribution in [0, 0.1) is 6.92 Å². The second-order valence-electron chi connectivity index (χ2n) is 5.45. The molecule has 3 rings (SSSR count). The van der Waals surface area contributed by atoms with Gasteiger partial charge in [-0.2, -0.15) is 5.10 Å². The smallest absolute Gasteiger partial charge is 0.261 e. The molecule has 0 unspecified atom stereocenters. The molecule has 0 saturated carbocycles. The van der Waals surface area contributed by atoms with Crippen LogP contribution in [-0.4, -0.2) is 19.6 Å². The lowest BCUT2D eigenvalue weighted by Crippen LogP contribution is -2.14. The van der Waals surface area contributed by atoms with Crippen LogP contribution in [0.3, 0.4) is 0 Å². The van der Waals surface area contributed by atoms with Gasteiger partial charge < -0.3 is 5.73 Å². The standard InChI is InChI=1S/C17H17N5O2S2/c1-12-6-8-14(9-7-12)26(23,24)22-15-5-3-2-4-13(15)10-19-21-17-20-16(18)11-25-17/h2-11,22H,18H2,1H3,(H,20,21). The van der Waals surface area contributed by atoms with Crippen molar-refractivity contribution in [3.8, 4) is 0 Å². The van der Waals surface area contributed by atoms with E-state index in [0.29, 0.717) is 22.2 Å². The first-order valence-corrected chi connectivity index (χ1v) is 9.99. The Morgan fingerprint density at radius 1 is 1.15 bits per heavy atom. The Morgan fingerprint density at radius 3 is 2.58 bits per heavy atom. The zero-order valence-corrected chi connectivity index (χ0v) is 15.5. The van der Waals surface area contributed by atoms with Gasteiger partial charge in [0, 0.05) is 10.9 Å². The van der Waals surface area contributed by atoms with Crippen molar-refractivity contribution in [1.82, 2.24) is 4.98 Å². The van der Waals surface area contributed by atoms with E-state index in [-0.39, 0.29) is 4.90 Å². The maximum absolute atomic E-state index is 12.6. The van der Waals surface area contributed by atoms with Crippen LogP contribution in [0.1, 0.15) is 11.1 Å². The van der Waals surface area contributed by atoms with Crippen LogP contribution in [0.25, 0.3) is 0 Å². The van der Waals surface area contributed by atoms with Gasteiger partial charge in [-0.1, -0.05) is 35.9 Å². The molecule has 0 aliphatic rings. The molecule has 9 heteroatoms. The molecule has 0 spiro atoms. The quantitative estimate of drug-likeness (QED) is 0.444. The fraction of sp³-hybridized carbons (Fsp3) is 0.0588. The number of nitrogens with one attached hydrogen (secondary N) is 2. The highest BCUT2D eigenvalue weighted by molar-refractivity contribution is 7.92. The topological polar surface area (TPSA) is 109 Å². The maximum atomic E-state index is 12.6. The Hall–Kier alpha value is -2.91. The largest absolute Gasteiger partial charge is 0.383 e. The molecule has 0 radical (unpaired) electrons. The normalized spacial score (nSPS) is 11.6. The maximum Gasteiger partial charge on any atom is 0.261 e. The lowest BCUT2D eigenvalue weighted by atomic mass is 10.2. The van der Waals surface area contributed by atoms with Crippen molar-refractivity contribution in [1.29, 1.82) is 0 Å². The van der Waals surface area contributed by atoms with Gasteiger partial charge in [0.1, 0.15) is 5.82 Å². The van der Waals surface area contributed by atoms with E-state index in [9.17, 15) is 8.42 Å². The molecule has 0 aliphatic heterocycles. The lowest BCUT2D eigenvalue weighted by Gasteiger charge is -2.10. The number of hydrazone groups is 1. The van der Waals surface area contributed by atoms with Gasteiger partial charge in [0.05, 0.1) is 16.8 Å². The van der Waals surface area contributed by atoms with Gasteiger partial charge in [0.2, 0.25) is 5.13 Å². The number of nitrogens with zero attached hydrogens (tertiary/aromatic N) is 2. The number of aryl methyl sites for hydroxylation is 1. The third kappa shape index (κ3) is 4.38. The highest BCUT2D eigenvalue weighted by Gasteiger charge is 2.15. The molecule has 0 aliphatic carbocycles. The molecule has 3 aromatic rings. The molecule has 0 saturated heterocycles. The van der Waals surface area contributed by atoms with Crippen LogP contribution >= 0.6 is 11.3 Å². The minimum absolute atomic E-state index is 0.200. The van der Waals surface area contributed by atoms with E-state index in [2.05, 4.69) is 20.2 Å². The van der Waals surface area contributed by atoms with Crippen LogP contribution in [0.4, 0.5) is 16.6 Å². The number of rotatable bonds is 6. The molecule has 26 heavy (non-hydrogen) atoms. The fourth-order valence-corrected chi connectivity index (χ4v) is 3.75. The summed E-state index contributed by atoms with van der Waals surface area (Å²) in [6.45, 7) is 1.90. The number of thiazole rings is 1. The van der Waals surface area contributed by atoms with E-state index in [0.717, 1.165) is 5.56 Å². The average Bonchev–Trinajstić information content (AvgIpc) is 3.02. The monoisotopic (exact) mass is 387 g/mol. The van der Waals surface area contributed by atoms with Crippen molar-refractivity contribution in [2.45, 2.75) is 11.8 Å². The number of para-hydroxylation sites is 1. The summed E-state index contributed by atoms with van der Waals surface area (Å²) in [6, 6.07) is 13.6. The van der Waals surface area contributed by atoms with E-state index in [1.54, 1.807) is 53.9 Å². The summed E-state index contributed by atoms with van der Waals surface area (Å²) in [7, 11) is -3.69. The van der Waals surface area contributed by atoms with E-state index >= 15 is 0 Å². The molecule has 0 amide bonds. The van der Waals surface area contributed by atoms with Crippen LogP contribution in [0.15, 0.2) is 63.9 Å². The van der Waals surface area contributed by atoms with E-state index in [1.807, 2.05) is 6.92 Å². The minimum Gasteiger partial charge on any atom is -0.383 e. The first-order valence-electron chi connectivity index (χ1n) is 7.63. The van der Waals surface area contributed by atoms with E-state index < -0.39 is 10.0 Å². The number of benzene rings is 2. The third-order valence-electron chi connectivity index (χ3n) is 3.42. The van der Waals surface area contributed by atoms with E-state index in [4.69, 9.17) is 5.73 Å². The number of hydrogen-bond acceptors (Lipinski definition) is 7. The van der Waals surface area contributed by atoms with Gasteiger partial charge >= 0.3 is 0 Å². The Bertz CT molecular complexity index is 1030. The first-order chi connectivity index (χ1) is 12.4. The molecule has 7 nitrogen and oxygen atoms in total. The van der Waals surface area contributed by atoms with Gasteiger partial charge in [0.15, 0.2) is 0 Å². The Morgan fingerprint density at radius 2 is 1.88 bits per heavy atom. The van der Waals surface area contributed by atoms with Crippen molar-refractivity contribution in [2.24, 2.45) is 5.10 Å². The predicted octanol–water partition coefficient (Wildman–Crippen LogP) is 3.28. The Balaban J connectivity index is 1.79. The third-order valence-corrected chi connectivity index (χ3v) is 5.57. The number of nitrogen functional groups attached to an aromatic ring is 1. The summed E-state index contributed by atoms with van der Waals surface area (Å²) in [4.78, 5) is 4.23. The molecule has 1 heterocycles. The number of aromatic nitrogens is 1. The van der Waals surface area contributed by atoms with Gasteiger partial charge in [-0.25, -0.2) is 13.4 Å². The van der Waals surface area contributed by atoms with Crippen LogP contribution in [0.5, 0.6) is 0 Å². The molecule has 1 aromatic heterocycles. The molecule has 0 fully saturated rings. The Kier molecular flexibility index (Phi) is 5.19. The Labute approximate surface area is 155 Å². The number of anilines is 3. The fourth-order valence-electron chi connectivity index (χ4n) is 2.12. The molecule has 0 atom stereocenters. The van der Waals surface area contributed by atoms with Gasteiger partial charge in [-0.05, 0) is 25.1 Å². The summed E-state index contributed by atoms with van der Waals surface area (Å²) in [5.74, 6) is 0.416. The highest BCUT2D eigenvalue weighted by Crippen LogP contribution is 2.20. The zero-order valence-electron chi connectivity index (χ0n) is 13.9. The first kappa shape index (κ1) is 17.9. The molecular weight excluding hydrogens is 370 g/mol. The lowest BCUT2D eigenvalue weighted by molar-refractivity contribution is 0.601. The predicted molar refractivity (Wildman–Crippen MR) is 106 cm³/mol. The molecule has 4 N–H and O–H groups in total. The number of sulfonamides is 1. The SMILES string of the molecule is Cc1ccc(S(=O)(=O)Nc2ccccc2C=NNc2nc(N)cs2)cc1. The summed E-state index contributed by atoms with van der Waals surface area (Å²) >= 11 is 1.32. The van der Waals surface area contributed by atoms with Crippen molar-refractivity contribution in [3.05, 3.63) is 65.0 Å². The van der Waals surface area contributed by atoms with Crippen molar-refractivity contribution < 1.29 is 8.42 Å². The van der Waals surface area contributed by atoms with Crippen molar-refractivity contribution in [2.75, 3.05) is 15.9 Å². The minimum atomic E-state index is -3.69. The van der Waals surface area contributed by atoms with Crippen molar-refractivity contribution >= 4 is 44.2 Å². The molecule has 2 aromatic carbocycles. The average molecular weight is 387 g/mol. The zero-order chi connectivity index (χ0) is 18.6. The second-order valence-corrected chi connectivity index (χ2v) is 7.99. The molecule has 0 bridgehead atoms. The van der Waals surface area contributed by atoms with Crippen LogP contribution in [0.2, 0.25) is 0 Å². The van der Waals surface area contributed by atoms with Crippen LogP contribution < -0.4 is 15.9 Å². The number of nitrogens with two attached hydrogens (primary N) is 1. The highest BCUT2D eigenvalue weighted by atomic mass is 32.2. The number of hydrogen-bond donors (Lipinski definition) is 3. The molecule has 134 valence electrons. The summed E-state index contributed by atoms with van der Waals surface area (Å²) in [6.07, 6.45) is 1.52. The van der Waals surface area contributed by atoms with Gasteiger partial charge in [-0.3, -0.25) is 10.1 Å². The second kappa shape index (κ2) is 7.54. The van der Waals surface area contributed by atoms with E-state index in [1.165, 1.54) is 17.6 Å². The van der Waals surface area contributed by atoms with Crippen molar-refractivity contribution in [3.63, 3.8) is 0 Å². The summed E-state index contributed by atoms with van der Waals surface area (Å²) in [5.41, 5.74) is 10.3. The van der Waals surface area contributed by atoms with Gasteiger partial charge in [0.25, 0.3) is 10.0 Å². The van der Waals surface area contributed by atoms with Gasteiger partial charge in [-0.15, -0.1) is 11.3 Å². The molecular formula is C17H17N5O2S2. The van der Waals surface area contributed by atoms with Crippen LogP contribution in [-0.2, 0) is 10.0 Å².